The Morgan fingerprint density at radius 2 is 1.73 bits per heavy atom. The lowest BCUT2D eigenvalue weighted by Crippen LogP contribution is -2.37. The second kappa shape index (κ2) is 11.8. The van der Waals surface area contributed by atoms with E-state index in [-0.39, 0.29) is 17.3 Å². The Kier molecular flexibility index (Phi) is 8.57. The van der Waals surface area contributed by atoms with E-state index in [1.807, 2.05) is 23.1 Å². The number of halogens is 1. The van der Waals surface area contributed by atoms with E-state index in [9.17, 15) is 13.2 Å². The maximum atomic E-state index is 13.2. The van der Waals surface area contributed by atoms with Crippen LogP contribution in [0.3, 0.4) is 0 Å². The summed E-state index contributed by atoms with van der Waals surface area (Å²) < 4.78 is 45.9. The lowest BCUT2D eigenvalue weighted by molar-refractivity contribution is 0.0950. The van der Waals surface area contributed by atoms with Gasteiger partial charge in [-0.15, -0.1) is 0 Å². The van der Waals surface area contributed by atoms with Crippen LogP contribution in [0.25, 0.3) is 0 Å². The average Bonchev–Trinajstić information content (AvgIpc) is 2.92. The number of sulfonamides is 1. The number of nitrogens with zero attached hydrogens (tertiary/aromatic N) is 1. The second-order valence-electron chi connectivity index (χ2n) is 8.25. The van der Waals surface area contributed by atoms with Gasteiger partial charge in [0.1, 0.15) is 11.5 Å². The molecule has 1 aliphatic rings. The molecule has 1 heterocycles. The van der Waals surface area contributed by atoms with Crippen molar-refractivity contribution in [3.63, 3.8) is 0 Å². The molecule has 11 heteroatoms. The van der Waals surface area contributed by atoms with Gasteiger partial charge in [0, 0.05) is 35.2 Å². The number of amides is 1. The molecule has 1 aliphatic heterocycles. The van der Waals surface area contributed by atoms with Crippen molar-refractivity contribution >= 4 is 43.2 Å². The molecule has 0 bridgehead atoms. The highest BCUT2D eigenvalue weighted by Gasteiger charge is 2.22. The zero-order valence-corrected chi connectivity index (χ0v) is 22.9. The first-order chi connectivity index (χ1) is 17.8. The number of anilines is 2. The lowest BCUT2D eigenvalue weighted by atomic mass is 10.1. The van der Waals surface area contributed by atoms with Crippen molar-refractivity contribution in [1.82, 2.24) is 5.32 Å². The number of carbonyl (C=O) groups is 1. The van der Waals surface area contributed by atoms with Crippen LogP contribution in [0.4, 0.5) is 11.4 Å². The first-order valence-corrected chi connectivity index (χ1v) is 13.8. The Balaban J connectivity index is 1.61. The van der Waals surface area contributed by atoms with Crippen LogP contribution >= 0.6 is 15.9 Å². The van der Waals surface area contributed by atoms with Gasteiger partial charge < -0.3 is 24.4 Å². The summed E-state index contributed by atoms with van der Waals surface area (Å²) in [6.45, 7) is 2.50. The Hall–Kier alpha value is -3.28. The summed E-state index contributed by atoms with van der Waals surface area (Å²) in [7, 11) is -0.845. The Morgan fingerprint density at radius 1 is 1.00 bits per heavy atom. The summed E-state index contributed by atoms with van der Waals surface area (Å²) in [5, 5.41) is 2.89. The van der Waals surface area contributed by atoms with E-state index >= 15 is 0 Å². The first kappa shape index (κ1) is 26.8. The normalized spacial score (nSPS) is 13.6. The largest absolute Gasteiger partial charge is 0.497 e. The molecule has 2 N–H and O–H groups in total. The summed E-state index contributed by atoms with van der Waals surface area (Å²) >= 11 is 3.43. The number of benzene rings is 3. The summed E-state index contributed by atoms with van der Waals surface area (Å²) in [6.07, 6.45) is 0. The smallest absolute Gasteiger partial charge is 0.261 e. The van der Waals surface area contributed by atoms with Gasteiger partial charge in [-0.2, -0.15) is 0 Å². The van der Waals surface area contributed by atoms with Crippen LogP contribution in [-0.2, 0) is 21.3 Å². The average molecular weight is 590 g/mol. The number of hydrogen-bond donors (Lipinski definition) is 2. The van der Waals surface area contributed by atoms with E-state index in [0.717, 1.165) is 10.0 Å². The third-order valence-electron chi connectivity index (χ3n) is 5.91. The number of methoxy groups -OCH3 is 2. The lowest BCUT2D eigenvalue weighted by Gasteiger charge is -2.31. The van der Waals surface area contributed by atoms with Gasteiger partial charge in [-0.1, -0.05) is 15.9 Å². The van der Waals surface area contributed by atoms with Crippen molar-refractivity contribution < 1.29 is 27.4 Å². The number of nitrogens with one attached hydrogen (secondary N) is 2. The Labute approximate surface area is 224 Å². The number of morpholine rings is 1. The molecule has 0 aromatic heterocycles. The van der Waals surface area contributed by atoms with Crippen molar-refractivity contribution in [3.8, 4) is 11.5 Å². The van der Waals surface area contributed by atoms with E-state index in [0.29, 0.717) is 54.7 Å². The Morgan fingerprint density at radius 3 is 2.41 bits per heavy atom. The molecule has 1 amide bonds. The van der Waals surface area contributed by atoms with Gasteiger partial charge in [0.05, 0.1) is 43.7 Å². The molecule has 3 aromatic rings. The summed E-state index contributed by atoms with van der Waals surface area (Å²) in [4.78, 5) is 15.2. The minimum Gasteiger partial charge on any atom is -0.497 e. The van der Waals surface area contributed by atoms with Gasteiger partial charge in [-0.25, -0.2) is 8.42 Å². The standard InChI is InChI=1S/C26H28BrN3O6S/c1-34-21-5-7-22(8-6-21)37(32,33)29-23-16-18(3-9-24(23)30-11-13-36-14-12-30)26(31)28-17-19-15-20(27)4-10-25(19)35-2/h3-10,15-16,29H,11-14,17H2,1-2H3,(H,28,31). The van der Waals surface area contributed by atoms with Crippen molar-refractivity contribution in [2.75, 3.05) is 50.1 Å². The van der Waals surface area contributed by atoms with Crippen LogP contribution < -0.4 is 24.4 Å². The Bertz CT molecular complexity index is 1360. The van der Waals surface area contributed by atoms with Gasteiger partial charge in [0.25, 0.3) is 15.9 Å². The van der Waals surface area contributed by atoms with Crippen molar-refractivity contribution in [2.45, 2.75) is 11.4 Å². The highest BCUT2D eigenvalue weighted by molar-refractivity contribution is 9.10. The van der Waals surface area contributed by atoms with Gasteiger partial charge in [-0.05, 0) is 60.7 Å². The van der Waals surface area contributed by atoms with Crippen molar-refractivity contribution in [2.24, 2.45) is 0 Å². The summed E-state index contributed by atoms with van der Waals surface area (Å²) in [5.74, 6) is 0.855. The topological polar surface area (TPSA) is 106 Å². The maximum Gasteiger partial charge on any atom is 0.261 e. The van der Waals surface area contributed by atoms with Gasteiger partial charge in [0.15, 0.2) is 0 Å². The highest BCUT2D eigenvalue weighted by atomic mass is 79.9. The molecule has 4 rings (SSSR count). The molecule has 0 spiro atoms. The first-order valence-electron chi connectivity index (χ1n) is 11.5. The molecule has 0 atom stereocenters. The van der Waals surface area contributed by atoms with Crippen LogP contribution in [0.5, 0.6) is 11.5 Å². The fourth-order valence-electron chi connectivity index (χ4n) is 3.96. The van der Waals surface area contributed by atoms with Crippen molar-refractivity contribution in [1.29, 1.82) is 0 Å². The highest BCUT2D eigenvalue weighted by Crippen LogP contribution is 2.31. The maximum absolute atomic E-state index is 13.2. The molecule has 196 valence electrons. The number of hydrogen-bond acceptors (Lipinski definition) is 7. The summed E-state index contributed by atoms with van der Waals surface area (Å²) in [6, 6.07) is 16.6. The molecule has 1 saturated heterocycles. The minimum atomic E-state index is -3.93. The second-order valence-corrected chi connectivity index (χ2v) is 10.8. The van der Waals surface area contributed by atoms with Crippen LogP contribution in [-0.4, -0.2) is 54.8 Å². The molecule has 0 aliphatic carbocycles. The minimum absolute atomic E-state index is 0.0813. The monoisotopic (exact) mass is 589 g/mol. The van der Waals surface area contributed by atoms with E-state index < -0.39 is 10.0 Å². The van der Waals surface area contributed by atoms with Crippen LogP contribution in [0.2, 0.25) is 0 Å². The quantitative estimate of drug-likeness (QED) is 0.388. The van der Waals surface area contributed by atoms with Gasteiger partial charge >= 0.3 is 0 Å². The fourth-order valence-corrected chi connectivity index (χ4v) is 5.43. The molecule has 37 heavy (non-hydrogen) atoms. The van der Waals surface area contributed by atoms with Crippen LogP contribution in [0, 0.1) is 0 Å². The molecule has 1 fully saturated rings. The van der Waals surface area contributed by atoms with Gasteiger partial charge in [0.2, 0.25) is 0 Å². The van der Waals surface area contributed by atoms with E-state index in [4.69, 9.17) is 14.2 Å². The van der Waals surface area contributed by atoms with Gasteiger partial charge in [-0.3, -0.25) is 9.52 Å². The molecule has 0 saturated carbocycles. The number of rotatable bonds is 9. The number of ether oxygens (including phenoxy) is 3. The molecule has 9 nitrogen and oxygen atoms in total. The summed E-state index contributed by atoms with van der Waals surface area (Å²) in [5.41, 5.74) is 2.10. The zero-order valence-electron chi connectivity index (χ0n) is 20.5. The molecular weight excluding hydrogens is 562 g/mol. The molecule has 0 radical (unpaired) electrons. The fraction of sp³-hybridized carbons (Fsp3) is 0.269. The predicted molar refractivity (Wildman–Crippen MR) is 145 cm³/mol. The van der Waals surface area contributed by atoms with E-state index in [1.165, 1.54) is 19.2 Å². The predicted octanol–water partition coefficient (Wildman–Crippen LogP) is 4.03. The van der Waals surface area contributed by atoms with Crippen LogP contribution in [0.15, 0.2) is 70.0 Å². The van der Waals surface area contributed by atoms with Crippen molar-refractivity contribution in [3.05, 3.63) is 76.3 Å². The van der Waals surface area contributed by atoms with E-state index in [1.54, 1.807) is 37.4 Å². The van der Waals surface area contributed by atoms with Crippen LogP contribution in [0.1, 0.15) is 15.9 Å². The molecule has 0 unspecified atom stereocenters. The third kappa shape index (κ3) is 6.54. The third-order valence-corrected chi connectivity index (χ3v) is 7.78. The molecular formula is C26H28BrN3O6S. The molecule has 3 aromatic carbocycles. The zero-order chi connectivity index (χ0) is 26.4. The SMILES string of the molecule is COc1ccc(S(=O)(=O)Nc2cc(C(=O)NCc3cc(Br)ccc3OC)ccc2N2CCOCC2)cc1. The number of carbonyl (C=O) groups excluding carboxylic acids is 1. The van der Waals surface area contributed by atoms with E-state index in [2.05, 4.69) is 26.0 Å².